The highest BCUT2D eigenvalue weighted by Crippen LogP contribution is 2.38. The first-order valence-electron chi connectivity index (χ1n) is 4.58. The summed E-state index contributed by atoms with van der Waals surface area (Å²) >= 11 is 9.35. The minimum absolute atomic E-state index is 0.136. The van der Waals surface area contributed by atoms with Crippen molar-refractivity contribution in [2.24, 2.45) is 5.73 Å². The molecule has 0 aromatic heterocycles. The number of nitrogens with two attached hydrogens (primary N) is 1. The van der Waals surface area contributed by atoms with Gasteiger partial charge in [0.1, 0.15) is 0 Å². The Morgan fingerprint density at radius 2 is 2.21 bits per heavy atom. The fourth-order valence-corrected chi connectivity index (χ4v) is 1.84. The van der Waals surface area contributed by atoms with Crippen LogP contribution in [0.4, 0.5) is 5.69 Å². The van der Waals surface area contributed by atoms with Gasteiger partial charge in [-0.15, -0.1) is 0 Å². The third kappa shape index (κ3) is 2.05. The van der Waals surface area contributed by atoms with E-state index >= 15 is 0 Å². The van der Waals surface area contributed by atoms with Crippen LogP contribution >= 0.6 is 27.5 Å². The summed E-state index contributed by atoms with van der Waals surface area (Å²) in [5.41, 5.74) is 6.86. The zero-order valence-electron chi connectivity index (χ0n) is 7.69. The quantitative estimate of drug-likeness (QED) is 0.890. The van der Waals surface area contributed by atoms with Gasteiger partial charge in [0.05, 0.1) is 5.02 Å². The van der Waals surface area contributed by atoms with Gasteiger partial charge in [0.15, 0.2) is 0 Å². The van der Waals surface area contributed by atoms with Crippen molar-refractivity contribution >= 4 is 33.2 Å². The van der Waals surface area contributed by atoms with E-state index in [1.165, 1.54) is 0 Å². The molecule has 0 bridgehead atoms. The van der Waals surface area contributed by atoms with Crippen molar-refractivity contribution < 1.29 is 0 Å². The molecule has 0 amide bonds. The van der Waals surface area contributed by atoms with E-state index in [-0.39, 0.29) is 5.54 Å². The molecule has 4 heteroatoms. The van der Waals surface area contributed by atoms with E-state index in [4.69, 9.17) is 17.3 Å². The van der Waals surface area contributed by atoms with Gasteiger partial charge in [-0.2, -0.15) is 0 Å². The summed E-state index contributed by atoms with van der Waals surface area (Å²) in [7, 11) is 0. The molecule has 2 rings (SSSR count). The molecule has 0 saturated heterocycles. The van der Waals surface area contributed by atoms with Crippen molar-refractivity contribution in [3.8, 4) is 0 Å². The number of benzene rings is 1. The molecule has 1 aromatic carbocycles. The Kier molecular flexibility index (Phi) is 2.73. The van der Waals surface area contributed by atoms with Crippen LogP contribution in [0.15, 0.2) is 22.7 Å². The minimum atomic E-state index is 0.136. The van der Waals surface area contributed by atoms with Crippen LogP contribution in [0.2, 0.25) is 5.02 Å². The summed E-state index contributed by atoms with van der Waals surface area (Å²) in [6.45, 7) is 0.681. The van der Waals surface area contributed by atoms with Gasteiger partial charge in [0, 0.05) is 22.2 Å². The first-order valence-corrected chi connectivity index (χ1v) is 5.76. The third-order valence-electron chi connectivity index (χ3n) is 2.57. The molecule has 0 radical (unpaired) electrons. The molecule has 1 aromatic rings. The van der Waals surface area contributed by atoms with E-state index in [1.54, 1.807) is 0 Å². The average molecular weight is 276 g/mol. The molecule has 3 N–H and O–H groups in total. The van der Waals surface area contributed by atoms with Gasteiger partial charge < -0.3 is 11.1 Å². The van der Waals surface area contributed by atoms with E-state index in [9.17, 15) is 0 Å². The van der Waals surface area contributed by atoms with Crippen molar-refractivity contribution in [1.82, 2.24) is 0 Å². The predicted octanol–water partition coefficient (Wildman–Crippen LogP) is 3.01. The van der Waals surface area contributed by atoms with E-state index in [2.05, 4.69) is 21.2 Å². The molecule has 1 fully saturated rings. The summed E-state index contributed by atoms with van der Waals surface area (Å²) < 4.78 is 0.919. The molecule has 14 heavy (non-hydrogen) atoms. The van der Waals surface area contributed by atoms with Gasteiger partial charge in [-0.05, 0) is 47.0 Å². The van der Waals surface area contributed by atoms with Crippen LogP contribution in [0.25, 0.3) is 0 Å². The highest BCUT2D eigenvalue weighted by atomic mass is 79.9. The van der Waals surface area contributed by atoms with Crippen LogP contribution < -0.4 is 11.1 Å². The third-order valence-corrected chi connectivity index (χ3v) is 3.81. The molecule has 2 nitrogen and oxygen atoms in total. The molecule has 0 heterocycles. The standard InChI is InChI=1S/C10H12BrClN2/c11-8-2-1-7(5-9(8)12)14-10(6-13)3-4-10/h1-2,5,14H,3-4,6,13H2. The van der Waals surface area contributed by atoms with Crippen molar-refractivity contribution in [3.63, 3.8) is 0 Å². The zero-order valence-corrected chi connectivity index (χ0v) is 10.0. The Morgan fingerprint density at radius 1 is 1.50 bits per heavy atom. The topological polar surface area (TPSA) is 38.0 Å². The number of anilines is 1. The zero-order chi connectivity index (χ0) is 10.2. The lowest BCUT2D eigenvalue weighted by molar-refractivity contribution is 0.742. The van der Waals surface area contributed by atoms with Crippen LogP contribution in [0.3, 0.4) is 0 Å². The summed E-state index contributed by atoms with van der Waals surface area (Å²) in [6.07, 6.45) is 2.30. The highest BCUT2D eigenvalue weighted by Gasteiger charge is 2.41. The van der Waals surface area contributed by atoms with Crippen molar-refractivity contribution in [2.45, 2.75) is 18.4 Å². The Balaban J connectivity index is 2.14. The molecule has 0 unspecified atom stereocenters. The lowest BCUT2D eigenvalue weighted by Gasteiger charge is -2.16. The number of halogens is 2. The van der Waals surface area contributed by atoms with E-state index in [1.807, 2.05) is 18.2 Å². The SMILES string of the molecule is NCC1(Nc2ccc(Br)c(Cl)c2)CC1. The van der Waals surface area contributed by atoms with Gasteiger partial charge in [0.2, 0.25) is 0 Å². The second-order valence-electron chi connectivity index (χ2n) is 3.74. The van der Waals surface area contributed by atoms with E-state index < -0.39 is 0 Å². The normalized spacial score (nSPS) is 17.9. The molecule has 1 aliphatic rings. The van der Waals surface area contributed by atoms with Gasteiger partial charge in [-0.25, -0.2) is 0 Å². The maximum atomic E-state index is 5.99. The first-order chi connectivity index (χ1) is 6.65. The monoisotopic (exact) mass is 274 g/mol. The smallest absolute Gasteiger partial charge is 0.0568 e. The summed E-state index contributed by atoms with van der Waals surface area (Å²) in [4.78, 5) is 0. The fourth-order valence-electron chi connectivity index (χ4n) is 1.41. The largest absolute Gasteiger partial charge is 0.378 e. The molecular formula is C10H12BrClN2. The Morgan fingerprint density at radius 3 is 2.71 bits per heavy atom. The van der Waals surface area contributed by atoms with Gasteiger partial charge >= 0.3 is 0 Å². The van der Waals surface area contributed by atoms with Crippen LogP contribution in [-0.4, -0.2) is 12.1 Å². The van der Waals surface area contributed by atoms with Gasteiger partial charge in [-0.3, -0.25) is 0 Å². The number of hydrogen-bond acceptors (Lipinski definition) is 2. The van der Waals surface area contributed by atoms with Crippen molar-refractivity contribution in [1.29, 1.82) is 0 Å². The van der Waals surface area contributed by atoms with E-state index in [0.717, 1.165) is 28.0 Å². The van der Waals surface area contributed by atoms with Gasteiger partial charge in [-0.1, -0.05) is 11.6 Å². The first kappa shape index (κ1) is 10.3. The lowest BCUT2D eigenvalue weighted by Crippen LogP contribution is -2.30. The number of hydrogen-bond donors (Lipinski definition) is 2. The molecule has 0 spiro atoms. The fraction of sp³-hybridized carbons (Fsp3) is 0.400. The second-order valence-corrected chi connectivity index (χ2v) is 5.00. The number of nitrogens with one attached hydrogen (secondary N) is 1. The van der Waals surface area contributed by atoms with Gasteiger partial charge in [0.25, 0.3) is 0 Å². The van der Waals surface area contributed by atoms with Crippen molar-refractivity contribution in [3.05, 3.63) is 27.7 Å². The van der Waals surface area contributed by atoms with E-state index in [0.29, 0.717) is 6.54 Å². The maximum Gasteiger partial charge on any atom is 0.0568 e. The summed E-state index contributed by atoms with van der Waals surface area (Å²) in [6, 6.07) is 5.87. The predicted molar refractivity (Wildman–Crippen MR) is 63.8 cm³/mol. The van der Waals surface area contributed by atoms with Crippen LogP contribution in [0, 0.1) is 0 Å². The Bertz CT molecular complexity index is 350. The van der Waals surface area contributed by atoms with Crippen LogP contribution in [0.5, 0.6) is 0 Å². The average Bonchev–Trinajstić information content (AvgIpc) is 2.93. The van der Waals surface area contributed by atoms with Crippen LogP contribution in [0.1, 0.15) is 12.8 Å². The molecule has 0 atom stereocenters. The molecule has 76 valence electrons. The van der Waals surface area contributed by atoms with Crippen molar-refractivity contribution in [2.75, 3.05) is 11.9 Å². The molecular weight excluding hydrogens is 263 g/mol. The van der Waals surface area contributed by atoms with Crippen LogP contribution in [-0.2, 0) is 0 Å². The Labute approximate surface area is 96.9 Å². The minimum Gasteiger partial charge on any atom is -0.378 e. The molecule has 1 aliphatic carbocycles. The highest BCUT2D eigenvalue weighted by molar-refractivity contribution is 9.10. The Hall–Kier alpha value is -0.250. The maximum absolute atomic E-state index is 5.99. The number of rotatable bonds is 3. The molecule has 0 aliphatic heterocycles. The molecule has 1 saturated carbocycles. The lowest BCUT2D eigenvalue weighted by atomic mass is 10.2. The summed E-state index contributed by atoms with van der Waals surface area (Å²) in [5, 5.41) is 4.14. The second kappa shape index (κ2) is 3.72. The summed E-state index contributed by atoms with van der Waals surface area (Å²) in [5.74, 6) is 0.